The molecule has 6 nitrogen and oxygen atoms in total. The van der Waals surface area contributed by atoms with Gasteiger partial charge in [-0.05, 0) is 36.0 Å². The first kappa shape index (κ1) is 16.8. The number of thioether (sulfide) groups is 1. The SMILES string of the molecule is CN1C(=O)/C(=C/c2ccccc2F)S/C1=N/NC(=O)c1ccncc1. The van der Waals surface area contributed by atoms with Crippen LogP contribution in [0.2, 0.25) is 0 Å². The zero-order valence-corrected chi connectivity index (χ0v) is 14.0. The smallest absolute Gasteiger partial charge is 0.271 e. The summed E-state index contributed by atoms with van der Waals surface area (Å²) in [4.78, 5) is 29.7. The number of hydrazone groups is 1. The number of hydrogen-bond acceptors (Lipinski definition) is 5. The zero-order chi connectivity index (χ0) is 17.8. The Morgan fingerprint density at radius 2 is 2.00 bits per heavy atom. The number of halogens is 1. The molecule has 0 saturated carbocycles. The van der Waals surface area contributed by atoms with Gasteiger partial charge < -0.3 is 0 Å². The Hall–Kier alpha value is -3.00. The van der Waals surface area contributed by atoms with E-state index in [9.17, 15) is 14.0 Å². The fourth-order valence-electron chi connectivity index (χ4n) is 2.05. The third kappa shape index (κ3) is 3.74. The van der Waals surface area contributed by atoms with Gasteiger partial charge in [0.2, 0.25) is 0 Å². The maximum Gasteiger partial charge on any atom is 0.271 e. The number of rotatable bonds is 3. The second-order valence-corrected chi connectivity index (χ2v) is 6.08. The number of carbonyl (C=O) groups excluding carboxylic acids is 2. The van der Waals surface area contributed by atoms with E-state index < -0.39 is 11.7 Å². The van der Waals surface area contributed by atoms with Gasteiger partial charge in [0.05, 0.1) is 4.91 Å². The van der Waals surface area contributed by atoms with E-state index in [1.54, 1.807) is 30.3 Å². The van der Waals surface area contributed by atoms with Crippen molar-refractivity contribution in [3.8, 4) is 0 Å². The Kier molecular flexibility index (Phi) is 4.90. The minimum atomic E-state index is -0.414. The summed E-state index contributed by atoms with van der Waals surface area (Å²) in [6, 6.07) is 9.27. The van der Waals surface area contributed by atoms with Crippen molar-refractivity contribution in [1.29, 1.82) is 0 Å². The fraction of sp³-hybridized carbons (Fsp3) is 0.0588. The molecule has 2 heterocycles. The number of nitrogens with one attached hydrogen (secondary N) is 1. The summed E-state index contributed by atoms with van der Waals surface area (Å²) in [7, 11) is 1.54. The predicted molar refractivity (Wildman–Crippen MR) is 93.9 cm³/mol. The molecular formula is C17H13FN4O2S. The summed E-state index contributed by atoms with van der Waals surface area (Å²) in [5, 5.41) is 4.28. The van der Waals surface area contributed by atoms with Crippen molar-refractivity contribution in [1.82, 2.24) is 15.3 Å². The third-order valence-electron chi connectivity index (χ3n) is 3.39. The molecule has 0 aliphatic carbocycles. The molecule has 2 amide bonds. The zero-order valence-electron chi connectivity index (χ0n) is 13.1. The van der Waals surface area contributed by atoms with Crippen molar-refractivity contribution in [3.63, 3.8) is 0 Å². The maximum atomic E-state index is 13.7. The van der Waals surface area contributed by atoms with Crippen LogP contribution in [0, 0.1) is 5.82 Å². The molecule has 3 rings (SSSR count). The number of amidine groups is 1. The molecule has 25 heavy (non-hydrogen) atoms. The van der Waals surface area contributed by atoms with Gasteiger partial charge in [0.1, 0.15) is 5.82 Å². The van der Waals surface area contributed by atoms with Gasteiger partial charge in [-0.25, -0.2) is 9.82 Å². The minimum absolute atomic E-state index is 0.301. The van der Waals surface area contributed by atoms with Crippen molar-refractivity contribution >= 4 is 34.8 Å². The first-order valence-electron chi connectivity index (χ1n) is 7.26. The van der Waals surface area contributed by atoms with E-state index in [4.69, 9.17) is 0 Å². The topological polar surface area (TPSA) is 74.7 Å². The van der Waals surface area contributed by atoms with Gasteiger partial charge in [-0.1, -0.05) is 18.2 Å². The average molecular weight is 356 g/mol. The van der Waals surface area contributed by atoms with Crippen LogP contribution in [0.4, 0.5) is 4.39 Å². The van der Waals surface area contributed by atoms with Crippen LogP contribution in [-0.2, 0) is 4.79 Å². The van der Waals surface area contributed by atoms with Gasteiger partial charge in [-0.3, -0.25) is 19.5 Å². The predicted octanol–water partition coefficient (Wildman–Crippen LogP) is 2.47. The second-order valence-electron chi connectivity index (χ2n) is 5.07. The normalized spacial score (nSPS) is 17.4. The molecule has 1 saturated heterocycles. The lowest BCUT2D eigenvalue weighted by Crippen LogP contribution is -2.27. The molecule has 0 unspecified atom stereocenters. The Morgan fingerprint density at radius 3 is 2.72 bits per heavy atom. The highest BCUT2D eigenvalue weighted by atomic mass is 32.2. The highest BCUT2D eigenvalue weighted by Gasteiger charge is 2.30. The molecule has 1 aromatic carbocycles. The van der Waals surface area contributed by atoms with E-state index >= 15 is 0 Å². The molecule has 1 fully saturated rings. The number of hydrogen-bond donors (Lipinski definition) is 1. The number of benzene rings is 1. The summed E-state index contributed by atoms with van der Waals surface area (Å²) >= 11 is 1.06. The first-order valence-corrected chi connectivity index (χ1v) is 8.08. The Labute approximate surface area is 147 Å². The van der Waals surface area contributed by atoms with Crippen LogP contribution in [0.5, 0.6) is 0 Å². The average Bonchev–Trinajstić information content (AvgIpc) is 2.90. The highest BCUT2D eigenvalue weighted by molar-refractivity contribution is 8.18. The number of amides is 2. The van der Waals surface area contributed by atoms with E-state index in [1.807, 2.05) is 0 Å². The van der Waals surface area contributed by atoms with Crippen LogP contribution >= 0.6 is 11.8 Å². The molecule has 0 atom stereocenters. The molecule has 0 spiro atoms. The van der Waals surface area contributed by atoms with Gasteiger partial charge >= 0.3 is 0 Å². The van der Waals surface area contributed by atoms with Gasteiger partial charge in [0, 0.05) is 30.6 Å². The van der Waals surface area contributed by atoms with E-state index in [0.717, 1.165) is 11.8 Å². The Balaban J connectivity index is 1.77. The molecule has 1 aromatic heterocycles. The van der Waals surface area contributed by atoms with Crippen molar-refractivity contribution in [2.75, 3.05) is 7.05 Å². The Morgan fingerprint density at radius 1 is 1.28 bits per heavy atom. The van der Waals surface area contributed by atoms with Gasteiger partial charge in [-0.15, -0.1) is 5.10 Å². The maximum absolute atomic E-state index is 13.7. The monoisotopic (exact) mass is 356 g/mol. The van der Waals surface area contributed by atoms with Crippen molar-refractivity contribution in [2.24, 2.45) is 5.10 Å². The molecule has 1 aliphatic heterocycles. The number of nitrogens with zero attached hydrogens (tertiary/aromatic N) is 3. The summed E-state index contributed by atoms with van der Waals surface area (Å²) in [6.07, 6.45) is 4.46. The van der Waals surface area contributed by atoms with Gasteiger partial charge in [0.15, 0.2) is 5.17 Å². The molecule has 1 aliphatic rings. The van der Waals surface area contributed by atoms with Gasteiger partial charge in [-0.2, -0.15) is 0 Å². The summed E-state index contributed by atoms with van der Waals surface area (Å²) < 4.78 is 13.7. The third-order valence-corrected chi connectivity index (χ3v) is 4.45. The van der Waals surface area contributed by atoms with Crippen LogP contribution in [0.3, 0.4) is 0 Å². The van der Waals surface area contributed by atoms with Gasteiger partial charge in [0.25, 0.3) is 11.8 Å². The summed E-state index contributed by atoms with van der Waals surface area (Å²) in [6.45, 7) is 0. The number of aromatic nitrogens is 1. The summed E-state index contributed by atoms with van der Waals surface area (Å²) in [5.41, 5.74) is 3.11. The fourth-order valence-corrected chi connectivity index (χ4v) is 2.97. The molecule has 126 valence electrons. The van der Waals surface area contributed by atoms with Crippen LogP contribution in [0.1, 0.15) is 15.9 Å². The lowest BCUT2D eigenvalue weighted by Gasteiger charge is -2.07. The molecule has 0 bridgehead atoms. The first-order chi connectivity index (χ1) is 12.1. The minimum Gasteiger partial charge on any atom is -0.288 e. The van der Waals surface area contributed by atoms with Crippen molar-refractivity contribution in [3.05, 3.63) is 70.6 Å². The summed E-state index contributed by atoms with van der Waals surface area (Å²) in [5.74, 6) is -1.14. The van der Waals surface area contributed by atoms with E-state index in [2.05, 4.69) is 15.5 Å². The second kappa shape index (κ2) is 7.27. The molecule has 0 radical (unpaired) electrons. The quantitative estimate of drug-likeness (QED) is 0.677. The number of likely N-dealkylation sites (N-methyl/N-ethyl adjacent to an activating group) is 1. The van der Waals surface area contributed by atoms with E-state index in [-0.39, 0.29) is 5.91 Å². The number of pyridine rings is 1. The Bertz CT molecular complexity index is 883. The number of carbonyl (C=O) groups is 2. The van der Waals surface area contributed by atoms with Crippen LogP contribution in [0.15, 0.2) is 58.8 Å². The largest absolute Gasteiger partial charge is 0.288 e. The van der Waals surface area contributed by atoms with E-state index in [1.165, 1.54) is 36.5 Å². The van der Waals surface area contributed by atoms with Crippen LogP contribution in [0.25, 0.3) is 6.08 Å². The van der Waals surface area contributed by atoms with Crippen LogP contribution in [-0.4, -0.2) is 33.9 Å². The van der Waals surface area contributed by atoms with Crippen molar-refractivity contribution < 1.29 is 14.0 Å². The molecular weight excluding hydrogens is 343 g/mol. The lowest BCUT2D eigenvalue weighted by atomic mass is 10.2. The van der Waals surface area contributed by atoms with E-state index in [0.29, 0.717) is 21.2 Å². The van der Waals surface area contributed by atoms with Crippen LogP contribution < -0.4 is 5.43 Å². The molecule has 8 heteroatoms. The lowest BCUT2D eigenvalue weighted by molar-refractivity contribution is -0.121. The highest BCUT2D eigenvalue weighted by Crippen LogP contribution is 2.31. The van der Waals surface area contributed by atoms with Crippen molar-refractivity contribution in [2.45, 2.75) is 0 Å². The molecule has 1 N–H and O–H groups in total. The standard InChI is InChI=1S/C17H13FN4O2S/c1-22-16(24)14(10-12-4-2-3-5-13(12)18)25-17(22)21-20-15(23)11-6-8-19-9-7-11/h2-10H,1H3,(H,20,23)/b14-10-,21-17+. The molecule has 2 aromatic rings.